The standard InChI is InChI=1S/C21H23FN2O4/c1-13-5-4-6-19(14(13)2)28-15(3)21(27)24-23-20(26)12-11-18(25)16-7-9-17(22)10-8-16/h4-10,15H,11-12H2,1-3H3,(H,23,26)(H,24,27). The second-order valence-corrected chi connectivity index (χ2v) is 6.43. The lowest BCUT2D eigenvalue weighted by atomic mass is 10.1. The van der Waals surface area contributed by atoms with E-state index in [4.69, 9.17) is 4.74 Å². The Balaban J connectivity index is 1.76. The smallest absolute Gasteiger partial charge is 0.279 e. The minimum atomic E-state index is -0.818. The first-order valence-electron chi connectivity index (χ1n) is 8.88. The van der Waals surface area contributed by atoms with Gasteiger partial charge in [-0.1, -0.05) is 12.1 Å². The van der Waals surface area contributed by atoms with Crippen LogP contribution in [-0.4, -0.2) is 23.7 Å². The average Bonchev–Trinajstić information content (AvgIpc) is 2.68. The van der Waals surface area contributed by atoms with E-state index in [1.54, 1.807) is 13.0 Å². The second-order valence-electron chi connectivity index (χ2n) is 6.43. The molecule has 0 aliphatic heterocycles. The molecule has 0 aromatic heterocycles. The first-order valence-corrected chi connectivity index (χ1v) is 8.88. The molecule has 1 unspecified atom stereocenters. The summed E-state index contributed by atoms with van der Waals surface area (Å²) in [6.07, 6.45) is -0.980. The fourth-order valence-corrected chi connectivity index (χ4v) is 2.40. The van der Waals surface area contributed by atoms with E-state index in [9.17, 15) is 18.8 Å². The number of benzene rings is 2. The molecule has 28 heavy (non-hydrogen) atoms. The number of ether oxygens (including phenoxy) is 1. The average molecular weight is 386 g/mol. The van der Waals surface area contributed by atoms with Crippen molar-refractivity contribution in [1.82, 2.24) is 10.9 Å². The van der Waals surface area contributed by atoms with Crippen LogP contribution in [-0.2, 0) is 9.59 Å². The van der Waals surface area contributed by atoms with Crippen molar-refractivity contribution in [2.75, 3.05) is 0 Å². The molecule has 0 radical (unpaired) electrons. The van der Waals surface area contributed by atoms with Crippen LogP contribution in [0.1, 0.15) is 41.3 Å². The van der Waals surface area contributed by atoms with Gasteiger partial charge in [0.1, 0.15) is 11.6 Å². The summed E-state index contributed by atoms with van der Waals surface area (Å²) in [6.45, 7) is 5.41. The summed E-state index contributed by atoms with van der Waals surface area (Å²) in [7, 11) is 0. The largest absolute Gasteiger partial charge is 0.481 e. The topological polar surface area (TPSA) is 84.5 Å². The Morgan fingerprint density at radius 3 is 2.36 bits per heavy atom. The number of carbonyl (C=O) groups is 3. The quantitative estimate of drug-likeness (QED) is 0.566. The van der Waals surface area contributed by atoms with Crippen LogP contribution in [0.3, 0.4) is 0 Å². The van der Waals surface area contributed by atoms with Crippen molar-refractivity contribution in [2.24, 2.45) is 0 Å². The molecule has 0 aliphatic rings. The number of hydrogen-bond donors (Lipinski definition) is 2. The van der Waals surface area contributed by atoms with Crippen LogP contribution >= 0.6 is 0 Å². The summed E-state index contributed by atoms with van der Waals surface area (Å²) < 4.78 is 18.5. The van der Waals surface area contributed by atoms with Gasteiger partial charge in [0, 0.05) is 18.4 Å². The number of Topliss-reactive ketones (excluding diaryl/α,β-unsaturated/α-hetero) is 1. The Labute approximate surface area is 163 Å². The van der Waals surface area contributed by atoms with Gasteiger partial charge < -0.3 is 4.74 Å². The highest BCUT2D eigenvalue weighted by atomic mass is 19.1. The number of amides is 2. The van der Waals surface area contributed by atoms with Gasteiger partial charge in [0.05, 0.1) is 0 Å². The molecule has 0 saturated carbocycles. The summed E-state index contributed by atoms with van der Waals surface area (Å²) in [5.74, 6) is -1.15. The van der Waals surface area contributed by atoms with Crippen molar-refractivity contribution >= 4 is 17.6 Å². The minimum Gasteiger partial charge on any atom is -0.481 e. The van der Waals surface area contributed by atoms with E-state index < -0.39 is 23.7 Å². The lowest BCUT2D eigenvalue weighted by Gasteiger charge is -2.17. The number of ketones is 1. The number of carbonyl (C=O) groups excluding carboxylic acids is 3. The van der Waals surface area contributed by atoms with Crippen LogP contribution in [0.2, 0.25) is 0 Å². The van der Waals surface area contributed by atoms with Gasteiger partial charge in [0.2, 0.25) is 5.91 Å². The second kappa shape index (κ2) is 9.64. The van der Waals surface area contributed by atoms with E-state index in [1.807, 2.05) is 26.0 Å². The SMILES string of the molecule is Cc1cccc(OC(C)C(=O)NNC(=O)CCC(=O)c2ccc(F)cc2)c1C. The van der Waals surface area contributed by atoms with E-state index in [2.05, 4.69) is 10.9 Å². The third-order valence-corrected chi connectivity index (χ3v) is 4.30. The van der Waals surface area contributed by atoms with Gasteiger partial charge in [0.15, 0.2) is 11.9 Å². The molecule has 148 valence electrons. The van der Waals surface area contributed by atoms with Crippen LogP contribution < -0.4 is 15.6 Å². The van der Waals surface area contributed by atoms with Crippen molar-refractivity contribution in [3.05, 3.63) is 65.0 Å². The van der Waals surface area contributed by atoms with E-state index in [0.717, 1.165) is 11.1 Å². The molecule has 2 aromatic carbocycles. The van der Waals surface area contributed by atoms with Gasteiger partial charge in [-0.25, -0.2) is 4.39 Å². The normalized spacial score (nSPS) is 11.4. The molecular weight excluding hydrogens is 363 g/mol. The molecular formula is C21H23FN2O4. The molecule has 2 aromatic rings. The van der Waals surface area contributed by atoms with E-state index in [0.29, 0.717) is 11.3 Å². The van der Waals surface area contributed by atoms with Crippen molar-refractivity contribution in [1.29, 1.82) is 0 Å². The molecule has 0 aliphatic carbocycles. The van der Waals surface area contributed by atoms with E-state index in [-0.39, 0.29) is 18.6 Å². The molecule has 1 atom stereocenters. The lowest BCUT2D eigenvalue weighted by molar-refractivity contribution is -0.132. The van der Waals surface area contributed by atoms with Crippen LogP contribution in [0.15, 0.2) is 42.5 Å². The monoisotopic (exact) mass is 386 g/mol. The molecule has 0 heterocycles. The highest BCUT2D eigenvalue weighted by Crippen LogP contribution is 2.21. The van der Waals surface area contributed by atoms with Crippen LogP contribution in [0.4, 0.5) is 4.39 Å². The molecule has 2 amide bonds. The predicted octanol–water partition coefficient (Wildman–Crippen LogP) is 3.02. The first-order chi connectivity index (χ1) is 13.3. The molecule has 2 N–H and O–H groups in total. The summed E-state index contributed by atoms with van der Waals surface area (Å²) in [5, 5.41) is 0. The summed E-state index contributed by atoms with van der Waals surface area (Å²) in [5.41, 5.74) is 6.85. The number of rotatable bonds is 7. The molecule has 6 nitrogen and oxygen atoms in total. The molecule has 0 bridgehead atoms. The maximum Gasteiger partial charge on any atom is 0.279 e. The van der Waals surface area contributed by atoms with Crippen LogP contribution in [0.5, 0.6) is 5.75 Å². The third-order valence-electron chi connectivity index (χ3n) is 4.30. The Morgan fingerprint density at radius 1 is 1.00 bits per heavy atom. The number of hydrogen-bond acceptors (Lipinski definition) is 4. The number of nitrogens with one attached hydrogen (secondary N) is 2. The van der Waals surface area contributed by atoms with Crippen LogP contribution in [0, 0.1) is 19.7 Å². The Hall–Kier alpha value is -3.22. The Morgan fingerprint density at radius 2 is 1.68 bits per heavy atom. The fraction of sp³-hybridized carbons (Fsp3) is 0.286. The molecule has 7 heteroatoms. The highest BCUT2D eigenvalue weighted by Gasteiger charge is 2.17. The maximum absolute atomic E-state index is 12.9. The fourth-order valence-electron chi connectivity index (χ4n) is 2.40. The minimum absolute atomic E-state index is 0.0537. The van der Waals surface area contributed by atoms with Gasteiger partial charge in [0.25, 0.3) is 5.91 Å². The van der Waals surface area contributed by atoms with Crippen molar-refractivity contribution in [2.45, 2.75) is 39.7 Å². The summed E-state index contributed by atoms with van der Waals surface area (Å²) >= 11 is 0. The van der Waals surface area contributed by atoms with Gasteiger partial charge in [-0.15, -0.1) is 0 Å². The van der Waals surface area contributed by atoms with Crippen LogP contribution in [0.25, 0.3) is 0 Å². The summed E-state index contributed by atoms with van der Waals surface area (Å²) in [6, 6.07) is 10.7. The predicted molar refractivity (Wildman–Crippen MR) is 102 cm³/mol. The number of aryl methyl sites for hydroxylation is 1. The highest BCUT2D eigenvalue weighted by molar-refractivity contribution is 5.98. The number of hydrazine groups is 1. The Bertz CT molecular complexity index is 865. The van der Waals surface area contributed by atoms with E-state index in [1.165, 1.54) is 24.3 Å². The lowest BCUT2D eigenvalue weighted by Crippen LogP contribution is -2.47. The van der Waals surface area contributed by atoms with Gasteiger partial charge in [-0.05, 0) is 62.2 Å². The third kappa shape index (κ3) is 5.90. The zero-order valence-electron chi connectivity index (χ0n) is 16.0. The van der Waals surface area contributed by atoms with Gasteiger partial charge in [-0.3, -0.25) is 25.2 Å². The molecule has 0 fully saturated rings. The number of halogens is 1. The molecule has 0 saturated heterocycles. The summed E-state index contributed by atoms with van der Waals surface area (Å²) in [4.78, 5) is 35.9. The van der Waals surface area contributed by atoms with Gasteiger partial charge in [-0.2, -0.15) is 0 Å². The Kier molecular flexibility index (Phi) is 7.26. The zero-order valence-corrected chi connectivity index (χ0v) is 16.0. The van der Waals surface area contributed by atoms with Crippen molar-refractivity contribution in [3.8, 4) is 5.75 Å². The van der Waals surface area contributed by atoms with Crippen molar-refractivity contribution < 1.29 is 23.5 Å². The van der Waals surface area contributed by atoms with Crippen molar-refractivity contribution in [3.63, 3.8) is 0 Å². The molecule has 0 spiro atoms. The zero-order chi connectivity index (χ0) is 20.7. The van der Waals surface area contributed by atoms with E-state index >= 15 is 0 Å². The first kappa shape index (κ1) is 21.1. The van der Waals surface area contributed by atoms with Gasteiger partial charge >= 0.3 is 0 Å². The maximum atomic E-state index is 12.9. The molecule has 2 rings (SSSR count).